The summed E-state index contributed by atoms with van der Waals surface area (Å²) in [5.74, 6) is 0.992. The lowest BCUT2D eigenvalue weighted by atomic mass is 9.85. The fraction of sp³-hybridized carbons (Fsp3) is 0.500. The summed E-state index contributed by atoms with van der Waals surface area (Å²) < 4.78 is 5.79. The number of ether oxygens (including phenoxy) is 1. The minimum absolute atomic E-state index is 0.0897. The Labute approximate surface area is 110 Å². The summed E-state index contributed by atoms with van der Waals surface area (Å²) in [6.45, 7) is 11.5. The molecule has 0 fully saturated rings. The molecule has 2 atom stereocenters. The summed E-state index contributed by atoms with van der Waals surface area (Å²) in [7, 11) is 0. The molecule has 1 aromatic carbocycles. The van der Waals surface area contributed by atoms with E-state index < -0.39 is 5.60 Å². The van der Waals surface area contributed by atoms with Gasteiger partial charge >= 0.3 is 0 Å². The van der Waals surface area contributed by atoms with Crippen molar-refractivity contribution in [3.05, 3.63) is 42.5 Å². The number of rotatable bonds is 6. The van der Waals surface area contributed by atoms with Crippen molar-refractivity contribution in [3.8, 4) is 5.75 Å². The van der Waals surface area contributed by atoms with E-state index >= 15 is 0 Å². The lowest BCUT2D eigenvalue weighted by molar-refractivity contribution is 0.0544. The van der Waals surface area contributed by atoms with Gasteiger partial charge in [0.25, 0.3) is 0 Å². The van der Waals surface area contributed by atoms with Crippen molar-refractivity contribution in [2.24, 2.45) is 5.92 Å². The Kier molecular flexibility index (Phi) is 4.97. The fourth-order valence-corrected chi connectivity index (χ4v) is 1.78. The second-order valence-corrected chi connectivity index (χ2v) is 5.31. The molecule has 0 saturated carbocycles. The van der Waals surface area contributed by atoms with Crippen molar-refractivity contribution >= 4 is 0 Å². The van der Waals surface area contributed by atoms with Crippen LogP contribution in [0.15, 0.2) is 36.9 Å². The monoisotopic (exact) mass is 248 g/mol. The van der Waals surface area contributed by atoms with E-state index in [-0.39, 0.29) is 12.0 Å². The van der Waals surface area contributed by atoms with Gasteiger partial charge in [-0.1, -0.05) is 31.2 Å². The van der Waals surface area contributed by atoms with Gasteiger partial charge < -0.3 is 9.84 Å². The van der Waals surface area contributed by atoms with Gasteiger partial charge in [-0.05, 0) is 44.7 Å². The normalized spacial score (nSPS) is 16.1. The molecule has 100 valence electrons. The summed E-state index contributed by atoms with van der Waals surface area (Å²) >= 11 is 0. The van der Waals surface area contributed by atoms with Gasteiger partial charge in [0.2, 0.25) is 0 Å². The van der Waals surface area contributed by atoms with E-state index in [1.165, 1.54) is 0 Å². The van der Waals surface area contributed by atoms with E-state index in [0.717, 1.165) is 17.7 Å². The number of para-hydroxylation sites is 1. The predicted molar refractivity (Wildman–Crippen MR) is 75.9 cm³/mol. The van der Waals surface area contributed by atoms with Crippen LogP contribution in [-0.2, 0) is 6.42 Å². The minimum Gasteiger partial charge on any atom is -0.491 e. The van der Waals surface area contributed by atoms with Gasteiger partial charge in [-0.15, -0.1) is 6.58 Å². The Balaban J connectivity index is 2.87. The van der Waals surface area contributed by atoms with Crippen LogP contribution < -0.4 is 4.74 Å². The molecule has 0 bridgehead atoms. The van der Waals surface area contributed by atoms with Gasteiger partial charge in [-0.25, -0.2) is 0 Å². The lowest BCUT2D eigenvalue weighted by Crippen LogP contribution is -2.31. The second kappa shape index (κ2) is 6.05. The van der Waals surface area contributed by atoms with E-state index in [0.29, 0.717) is 0 Å². The lowest BCUT2D eigenvalue weighted by Gasteiger charge is -2.27. The zero-order valence-electron chi connectivity index (χ0n) is 11.8. The van der Waals surface area contributed by atoms with Crippen LogP contribution in [0.25, 0.3) is 0 Å². The maximum absolute atomic E-state index is 10.2. The molecule has 18 heavy (non-hydrogen) atoms. The van der Waals surface area contributed by atoms with E-state index in [4.69, 9.17) is 4.74 Å². The molecule has 0 aliphatic carbocycles. The molecule has 0 spiro atoms. The number of benzene rings is 1. The van der Waals surface area contributed by atoms with Crippen LogP contribution in [0.5, 0.6) is 5.75 Å². The third-order valence-electron chi connectivity index (χ3n) is 3.27. The molecular formula is C16H24O2. The quantitative estimate of drug-likeness (QED) is 0.780. The van der Waals surface area contributed by atoms with Gasteiger partial charge in [0.1, 0.15) is 5.75 Å². The average molecular weight is 248 g/mol. The third-order valence-corrected chi connectivity index (χ3v) is 3.27. The molecule has 2 nitrogen and oxygen atoms in total. The Hall–Kier alpha value is -1.28. The summed E-state index contributed by atoms with van der Waals surface area (Å²) in [5, 5.41) is 10.2. The van der Waals surface area contributed by atoms with Crippen LogP contribution in [0.4, 0.5) is 0 Å². The van der Waals surface area contributed by atoms with Crippen molar-refractivity contribution in [2.45, 2.75) is 45.8 Å². The molecule has 0 amide bonds. The molecular weight excluding hydrogens is 224 g/mol. The highest BCUT2D eigenvalue weighted by atomic mass is 16.5. The fourth-order valence-electron chi connectivity index (χ4n) is 1.78. The molecule has 0 heterocycles. The van der Waals surface area contributed by atoms with Crippen molar-refractivity contribution in [3.63, 3.8) is 0 Å². The van der Waals surface area contributed by atoms with Gasteiger partial charge in [0, 0.05) is 0 Å². The smallest absolute Gasteiger partial charge is 0.122 e. The molecule has 2 heteroatoms. The number of aliphatic hydroxyl groups is 1. The van der Waals surface area contributed by atoms with Crippen LogP contribution in [0.2, 0.25) is 0 Å². The van der Waals surface area contributed by atoms with Crippen LogP contribution in [0, 0.1) is 5.92 Å². The summed E-state index contributed by atoms with van der Waals surface area (Å²) in [6.07, 6.45) is 2.52. The summed E-state index contributed by atoms with van der Waals surface area (Å²) in [4.78, 5) is 0. The standard InChI is InChI=1S/C16H24O2/c1-6-16(5,17)13(4)11-14-9-7-8-10-15(14)18-12(2)3/h6-10,12-13,17H,1,11H2,2-5H3. The van der Waals surface area contributed by atoms with E-state index in [9.17, 15) is 5.11 Å². The van der Waals surface area contributed by atoms with Gasteiger partial charge in [0.15, 0.2) is 0 Å². The highest BCUT2D eigenvalue weighted by Crippen LogP contribution is 2.27. The molecule has 1 rings (SSSR count). The summed E-state index contributed by atoms with van der Waals surface area (Å²) in [5.41, 5.74) is 0.270. The van der Waals surface area contributed by atoms with E-state index in [1.807, 2.05) is 45.0 Å². The van der Waals surface area contributed by atoms with Crippen LogP contribution >= 0.6 is 0 Å². The molecule has 0 saturated heterocycles. The first kappa shape index (κ1) is 14.8. The Morgan fingerprint density at radius 1 is 1.33 bits per heavy atom. The minimum atomic E-state index is -0.856. The highest BCUT2D eigenvalue weighted by molar-refractivity contribution is 5.34. The SMILES string of the molecule is C=CC(C)(O)C(C)Cc1ccccc1OC(C)C. The van der Waals surface area contributed by atoms with Gasteiger partial charge in [-0.3, -0.25) is 0 Å². The van der Waals surface area contributed by atoms with Crippen LogP contribution in [0.3, 0.4) is 0 Å². The molecule has 0 aliphatic rings. The maximum Gasteiger partial charge on any atom is 0.122 e. The van der Waals surface area contributed by atoms with Crippen molar-refractivity contribution in [1.82, 2.24) is 0 Å². The third kappa shape index (κ3) is 3.88. The average Bonchev–Trinajstić information content (AvgIpc) is 2.31. The first-order valence-corrected chi connectivity index (χ1v) is 6.47. The van der Waals surface area contributed by atoms with Gasteiger partial charge in [0.05, 0.1) is 11.7 Å². The summed E-state index contributed by atoms with van der Waals surface area (Å²) in [6, 6.07) is 7.99. The molecule has 0 aromatic heterocycles. The zero-order chi connectivity index (χ0) is 13.8. The number of hydrogen-bond acceptors (Lipinski definition) is 2. The topological polar surface area (TPSA) is 29.5 Å². The first-order valence-electron chi connectivity index (χ1n) is 6.47. The Morgan fingerprint density at radius 3 is 2.50 bits per heavy atom. The van der Waals surface area contributed by atoms with Gasteiger partial charge in [-0.2, -0.15) is 0 Å². The van der Waals surface area contributed by atoms with E-state index in [1.54, 1.807) is 13.0 Å². The maximum atomic E-state index is 10.2. The second-order valence-electron chi connectivity index (χ2n) is 5.31. The van der Waals surface area contributed by atoms with Crippen molar-refractivity contribution in [2.75, 3.05) is 0 Å². The first-order chi connectivity index (χ1) is 8.36. The molecule has 2 unspecified atom stereocenters. The molecule has 1 aromatic rings. The Bertz CT molecular complexity index is 394. The number of hydrogen-bond donors (Lipinski definition) is 1. The Morgan fingerprint density at radius 2 is 1.94 bits per heavy atom. The molecule has 0 radical (unpaired) electrons. The zero-order valence-corrected chi connectivity index (χ0v) is 11.8. The molecule has 1 N–H and O–H groups in total. The van der Waals surface area contributed by atoms with Crippen LogP contribution in [-0.4, -0.2) is 16.8 Å². The highest BCUT2D eigenvalue weighted by Gasteiger charge is 2.25. The molecule has 0 aliphatic heterocycles. The van der Waals surface area contributed by atoms with Crippen molar-refractivity contribution < 1.29 is 9.84 Å². The largest absolute Gasteiger partial charge is 0.491 e. The van der Waals surface area contributed by atoms with Crippen molar-refractivity contribution in [1.29, 1.82) is 0 Å². The van der Waals surface area contributed by atoms with E-state index in [2.05, 4.69) is 6.58 Å². The predicted octanol–water partition coefficient (Wildman–Crippen LogP) is 3.59. The van der Waals surface area contributed by atoms with Crippen LogP contribution in [0.1, 0.15) is 33.3 Å².